The Hall–Kier alpha value is -1.65. The van der Waals surface area contributed by atoms with Crippen molar-refractivity contribution in [3.8, 4) is 5.75 Å². The molecule has 0 saturated heterocycles. The summed E-state index contributed by atoms with van der Waals surface area (Å²) < 4.78 is 25.7. The van der Waals surface area contributed by atoms with Crippen LogP contribution in [0.25, 0.3) is 0 Å². The number of benzene rings is 1. The third-order valence-corrected chi connectivity index (χ3v) is 1.95. The zero-order valence-corrected chi connectivity index (χ0v) is 7.83. The molecule has 0 aliphatic rings. The van der Waals surface area contributed by atoms with Crippen molar-refractivity contribution in [2.24, 2.45) is 0 Å². The van der Waals surface area contributed by atoms with Crippen molar-refractivity contribution < 1.29 is 23.8 Å². The molecule has 0 atom stereocenters. The van der Waals surface area contributed by atoms with Gasteiger partial charge in [-0.05, 0) is 24.5 Å². The second-order valence-corrected chi connectivity index (χ2v) is 3.14. The molecular formula is C10H10F2O3. The molecule has 1 aromatic rings. The van der Waals surface area contributed by atoms with Gasteiger partial charge in [-0.25, -0.2) is 8.78 Å². The first-order valence-electron chi connectivity index (χ1n) is 4.39. The molecule has 0 saturated carbocycles. The first-order chi connectivity index (χ1) is 7.00. The van der Waals surface area contributed by atoms with Crippen LogP contribution in [0.1, 0.15) is 18.4 Å². The molecule has 0 radical (unpaired) electrons. The molecule has 0 aliphatic carbocycles. The molecule has 0 spiro atoms. The van der Waals surface area contributed by atoms with Crippen molar-refractivity contribution in [3.05, 3.63) is 29.3 Å². The van der Waals surface area contributed by atoms with Crippen molar-refractivity contribution in [2.45, 2.75) is 19.3 Å². The van der Waals surface area contributed by atoms with Gasteiger partial charge in [0.2, 0.25) is 0 Å². The maximum Gasteiger partial charge on any atom is 0.303 e. The molecule has 15 heavy (non-hydrogen) atoms. The normalized spacial score (nSPS) is 10.3. The number of phenols is 1. The molecule has 2 N–H and O–H groups in total. The van der Waals surface area contributed by atoms with Gasteiger partial charge in [0.1, 0.15) is 5.82 Å². The highest BCUT2D eigenvalue weighted by Crippen LogP contribution is 2.21. The van der Waals surface area contributed by atoms with Gasteiger partial charge in [0, 0.05) is 12.5 Å². The van der Waals surface area contributed by atoms with Gasteiger partial charge in [-0.2, -0.15) is 0 Å². The molecule has 82 valence electrons. The first kappa shape index (κ1) is 11.4. The Morgan fingerprint density at radius 1 is 1.27 bits per heavy atom. The van der Waals surface area contributed by atoms with Crippen molar-refractivity contribution in [3.63, 3.8) is 0 Å². The van der Waals surface area contributed by atoms with E-state index < -0.39 is 23.4 Å². The van der Waals surface area contributed by atoms with Crippen molar-refractivity contribution >= 4 is 5.97 Å². The average molecular weight is 216 g/mol. The minimum Gasteiger partial charge on any atom is -0.505 e. The SMILES string of the molecule is O=C(O)CCCc1cc(O)c(F)cc1F. The van der Waals surface area contributed by atoms with Crippen LogP contribution in [0.4, 0.5) is 8.78 Å². The van der Waals surface area contributed by atoms with Crippen LogP contribution in [-0.2, 0) is 11.2 Å². The maximum absolute atomic E-state index is 13.1. The number of rotatable bonds is 4. The summed E-state index contributed by atoms with van der Waals surface area (Å²) in [4.78, 5) is 10.2. The van der Waals surface area contributed by atoms with Gasteiger partial charge < -0.3 is 10.2 Å². The standard InChI is InChI=1S/C10H10F2O3/c11-7-5-8(12)9(13)4-6(7)2-1-3-10(14)15/h4-5,13H,1-3H2,(H,14,15). The van der Waals surface area contributed by atoms with Crippen LogP contribution in [0.3, 0.4) is 0 Å². The summed E-state index contributed by atoms with van der Waals surface area (Å²) in [6.45, 7) is 0. The van der Waals surface area contributed by atoms with E-state index in [0.717, 1.165) is 6.07 Å². The molecule has 1 rings (SSSR count). The monoisotopic (exact) mass is 216 g/mol. The van der Waals surface area contributed by atoms with Gasteiger partial charge >= 0.3 is 5.97 Å². The lowest BCUT2D eigenvalue weighted by molar-refractivity contribution is -0.137. The number of carbonyl (C=O) groups is 1. The number of aromatic hydroxyl groups is 1. The summed E-state index contributed by atoms with van der Waals surface area (Å²) in [6.07, 6.45) is 0.320. The van der Waals surface area contributed by atoms with E-state index in [1.54, 1.807) is 0 Å². The van der Waals surface area contributed by atoms with E-state index in [2.05, 4.69) is 0 Å². The summed E-state index contributed by atoms with van der Waals surface area (Å²) in [5.41, 5.74) is 0.121. The molecular weight excluding hydrogens is 206 g/mol. The molecule has 0 bridgehead atoms. The van der Waals surface area contributed by atoms with Gasteiger partial charge in [0.25, 0.3) is 0 Å². The number of aryl methyl sites for hydroxylation is 1. The number of hydrogen-bond acceptors (Lipinski definition) is 2. The van der Waals surface area contributed by atoms with Crippen LogP contribution in [-0.4, -0.2) is 16.2 Å². The molecule has 0 amide bonds. The smallest absolute Gasteiger partial charge is 0.303 e. The molecule has 1 aromatic carbocycles. The van der Waals surface area contributed by atoms with Crippen LogP contribution in [0.5, 0.6) is 5.75 Å². The highest BCUT2D eigenvalue weighted by Gasteiger charge is 2.09. The van der Waals surface area contributed by atoms with E-state index >= 15 is 0 Å². The fourth-order valence-electron chi connectivity index (χ4n) is 1.20. The molecule has 0 aliphatic heterocycles. The van der Waals surface area contributed by atoms with Crippen molar-refractivity contribution in [2.75, 3.05) is 0 Å². The lowest BCUT2D eigenvalue weighted by atomic mass is 10.1. The van der Waals surface area contributed by atoms with Gasteiger partial charge in [-0.3, -0.25) is 4.79 Å². The minimum atomic E-state index is -1.02. The van der Waals surface area contributed by atoms with Crippen LogP contribution in [0, 0.1) is 11.6 Å². The van der Waals surface area contributed by atoms with E-state index in [1.807, 2.05) is 0 Å². The number of aliphatic carboxylic acids is 1. The molecule has 0 heterocycles. The first-order valence-corrected chi connectivity index (χ1v) is 4.39. The predicted molar refractivity (Wildman–Crippen MR) is 48.6 cm³/mol. The second-order valence-electron chi connectivity index (χ2n) is 3.14. The number of carboxylic acid groups (broad SMARTS) is 1. The van der Waals surface area contributed by atoms with Crippen LogP contribution in [0.15, 0.2) is 12.1 Å². The Morgan fingerprint density at radius 3 is 2.53 bits per heavy atom. The summed E-state index contributed by atoms with van der Waals surface area (Å²) in [6, 6.07) is 1.57. The number of carboxylic acids is 1. The molecule has 0 fully saturated rings. The predicted octanol–water partition coefficient (Wildman–Crippen LogP) is 2.08. The Morgan fingerprint density at radius 2 is 1.93 bits per heavy atom. The van der Waals surface area contributed by atoms with E-state index in [9.17, 15) is 13.6 Å². The van der Waals surface area contributed by atoms with E-state index in [4.69, 9.17) is 10.2 Å². The number of halogens is 2. The lowest BCUT2D eigenvalue weighted by Crippen LogP contribution is -1.98. The lowest BCUT2D eigenvalue weighted by Gasteiger charge is -2.03. The zero-order valence-electron chi connectivity index (χ0n) is 7.83. The quantitative estimate of drug-likeness (QED) is 0.810. The Balaban J connectivity index is 2.69. The van der Waals surface area contributed by atoms with Crippen LogP contribution < -0.4 is 0 Å². The van der Waals surface area contributed by atoms with E-state index in [-0.39, 0.29) is 24.8 Å². The fourth-order valence-corrected chi connectivity index (χ4v) is 1.20. The molecule has 3 nitrogen and oxygen atoms in total. The second kappa shape index (κ2) is 4.72. The van der Waals surface area contributed by atoms with Crippen LogP contribution in [0.2, 0.25) is 0 Å². The zero-order chi connectivity index (χ0) is 11.4. The van der Waals surface area contributed by atoms with Gasteiger partial charge in [0.15, 0.2) is 11.6 Å². The minimum absolute atomic E-state index is 0.0857. The summed E-state index contributed by atoms with van der Waals surface area (Å²) in [5.74, 6) is -3.38. The number of hydrogen-bond donors (Lipinski definition) is 2. The third-order valence-electron chi connectivity index (χ3n) is 1.95. The van der Waals surface area contributed by atoms with E-state index in [0.29, 0.717) is 6.07 Å². The highest BCUT2D eigenvalue weighted by atomic mass is 19.1. The Labute approximate surface area is 85.0 Å². The largest absolute Gasteiger partial charge is 0.505 e. The summed E-state index contributed by atoms with van der Waals surface area (Å²) >= 11 is 0. The topological polar surface area (TPSA) is 57.5 Å². The van der Waals surface area contributed by atoms with E-state index in [1.165, 1.54) is 0 Å². The fraction of sp³-hybridized carbons (Fsp3) is 0.300. The van der Waals surface area contributed by atoms with Gasteiger partial charge in [0.05, 0.1) is 0 Å². The average Bonchev–Trinajstić information content (AvgIpc) is 2.13. The van der Waals surface area contributed by atoms with Crippen molar-refractivity contribution in [1.82, 2.24) is 0 Å². The van der Waals surface area contributed by atoms with Crippen LogP contribution >= 0.6 is 0 Å². The number of phenolic OH excluding ortho intramolecular Hbond substituents is 1. The van der Waals surface area contributed by atoms with Crippen molar-refractivity contribution in [1.29, 1.82) is 0 Å². The molecule has 0 aromatic heterocycles. The summed E-state index contributed by atoms with van der Waals surface area (Å²) in [5, 5.41) is 17.3. The molecule has 0 unspecified atom stereocenters. The Bertz CT molecular complexity index is 377. The highest BCUT2D eigenvalue weighted by molar-refractivity contribution is 5.66. The molecule has 5 heteroatoms. The van der Waals surface area contributed by atoms with Gasteiger partial charge in [-0.15, -0.1) is 0 Å². The summed E-state index contributed by atoms with van der Waals surface area (Å²) in [7, 11) is 0. The third kappa shape index (κ3) is 3.19. The Kier molecular flexibility index (Phi) is 3.60. The maximum atomic E-state index is 13.1. The van der Waals surface area contributed by atoms with Gasteiger partial charge in [-0.1, -0.05) is 0 Å².